The Balaban J connectivity index is 2.06. The summed E-state index contributed by atoms with van der Waals surface area (Å²) in [5, 5.41) is 11.2. The number of carbonyl (C=O) groups is 2. The van der Waals surface area contributed by atoms with Crippen molar-refractivity contribution in [2.45, 2.75) is 0 Å². The van der Waals surface area contributed by atoms with Crippen LogP contribution in [0.2, 0.25) is 0 Å². The third-order valence-electron chi connectivity index (χ3n) is 2.36. The predicted octanol–water partition coefficient (Wildman–Crippen LogP) is 0.977. The van der Waals surface area contributed by atoms with Crippen LogP contribution in [0.4, 0.5) is 5.69 Å². The molecule has 1 aliphatic rings. The summed E-state index contributed by atoms with van der Waals surface area (Å²) in [4.78, 5) is 22.4. The molecule has 1 amide bonds. The summed E-state index contributed by atoms with van der Waals surface area (Å²) in [6, 6.07) is 6.52. The van der Waals surface area contributed by atoms with Gasteiger partial charge in [-0.3, -0.25) is 4.79 Å². The second-order valence-electron chi connectivity index (χ2n) is 3.83. The van der Waals surface area contributed by atoms with Gasteiger partial charge in [-0.2, -0.15) is 0 Å². The molecule has 20 heavy (non-hydrogen) atoms. The van der Waals surface area contributed by atoms with Crippen LogP contribution in [0.5, 0.6) is 5.75 Å². The Labute approximate surface area is 114 Å². The molecule has 1 aliphatic heterocycles. The van der Waals surface area contributed by atoms with Crippen LogP contribution in [-0.2, 0) is 19.1 Å². The minimum absolute atomic E-state index is 0.0595. The molecule has 1 heterocycles. The fourth-order valence-corrected chi connectivity index (χ4v) is 1.51. The van der Waals surface area contributed by atoms with Crippen molar-refractivity contribution in [1.29, 1.82) is 0 Å². The molecule has 0 saturated carbocycles. The van der Waals surface area contributed by atoms with Gasteiger partial charge in [0.05, 0.1) is 5.69 Å². The monoisotopic (exact) mass is 279 g/mol. The van der Waals surface area contributed by atoms with Gasteiger partial charge in [0.2, 0.25) is 5.76 Å². The van der Waals surface area contributed by atoms with Crippen LogP contribution >= 0.6 is 0 Å². The zero-order valence-electron chi connectivity index (χ0n) is 10.5. The van der Waals surface area contributed by atoms with E-state index in [2.05, 4.69) is 5.32 Å². The fraction of sp³-hybridized carbons (Fsp3) is 0.231. The topological polar surface area (TPSA) is 94.1 Å². The van der Waals surface area contributed by atoms with Gasteiger partial charge >= 0.3 is 5.97 Å². The summed E-state index contributed by atoms with van der Waals surface area (Å²) < 4.78 is 15.2. The number of para-hydroxylation sites is 2. The van der Waals surface area contributed by atoms with E-state index in [0.29, 0.717) is 18.9 Å². The zero-order chi connectivity index (χ0) is 14.4. The zero-order valence-corrected chi connectivity index (χ0v) is 10.5. The van der Waals surface area contributed by atoms with Crippen LogP contribution in [0.3, 0.4) is 0 Å². The maximum atomic E-state index is 11.9. The molecule has 106 valence electrons. The molecular formula is C13H13NO6. The van der Waals surface area contributed by atoms with Crippen molar-refractivity contribution in [1.82, 2.24) is 0 Å². The molecule has 0 bridgehead atoms. The van der Waals surface area contributed by atoms with E-state index in [1.165, 1.54) is 6.26 Å². The lowest BCUT2D eigenvalue weighted by atomic mass is 10.3. The predicted molar refractivity (Wildman–Crippen MR) is 68.2 cm³/mol. The van der Waals surface area contributed by atoms with Gasteiger partial charge in [-0.15, -0.1) is 0 Å². The Kier molecular flexibility index (Phi) is 4.43. The lowest BCUT2D eigenvalue weighted by Gasteiger charge is -2.16. The molecule has 2 N–H and O–H groups in total. The van der Waals surface area contributed by atoms with Gasteiger partial charge in [-0.25, -0.2) is 4.79 Å². The molecule has 0 aliphatic carbocycles. The number of carboxylic acid groups (broad SMARTS) is 1. The Morgan fingerprint density at radius 2 is 2.10 bits per heavy atom. The Morgan fingerprint density at radius 3 is 2.80 bits per heavy atom. The molecule has 0 radical (unpaired) electrons. The lowest BCUT2D eigenvalue weighted by Crippen LogP contribution is -2.21. The van der Waals surface area contributed by atoms with E-state index in [4.69, 9.17) is 19.3 Å². The molecular weight excluding hydrogens is 266 g/mol. The first-order chi connectivity index (χ1) is 9.66. The number of amides is 1. The molecule has 0 aromatic heterocycles. The number of carboxylic acids is 1. The van der Waals surface area contributed by atoms with E-state index in [0.717, 1.165) is 0 Å². The van der Waals surface area contributed by atoms with Crippen molar-refractivity contribution in [3.63, 3.8) is 0 Å². The Morgan fingerprint density at radius 1 is 1.30 bits per heavy atom. The fourth-order valence-electron chi connectivity index (χ4n) is 1.51. The summed E-state index contributed by atoms with van der Waals surface area (Å²) in [6.45, 7) is 0.209. The largest absolute Gasteiger partial charge is 0.494 e. The maximum absolute atomic E-state index is 11.9. The van der Waals surface area contributed by atoms with Crippen molar-refractivity contribution in [2.24, 2.45) is 0 Å². The number of benzene rings is 1. The SMILES string of the molecule is O=C(O)COc1ccccc1NC(=O)C1=COCCO1. The number of anilines is 1. The van der Waals surface area contributed by atoms with Gasteiger partial charge in [0.15, 0.2) is 6.61 Å². The molecule has 0 spiro atoms. The first kappa shape index (κ1) is 13.7. The number of carbonyl (C=O) groups excluding carboxylic acids is 1. The highest BCUT2D eigenvalue weighted by molar-refractivity contribution is 6.03. The average Bonchev–Trinajstić information content (AvgIpc) is 2.47. The summed E-state index contributed by atoms with van der Waals surface area (Å²) in [5.74, 6) is -1.27. The van der Waals surface area contributed by atoms with Crippen molar-refractivity contribution >= 4 is 17.6 Å². The minimum Gasteiger partial charge on any atom is -0.494 e. The van der Waals surface area contributed by atoms with Crippen LogP contribution in [-0.4, -0.2) is 36.8 Å². The van der Waals surface area contributed by atoms with Gasteiger partial charge in [0, 0.05) is 0 Å². The van der Waals surface area contributed by atoms with Gasteiger partial charge in [0.1, 0.15) is 25.2 Å². The molecule has 1 aromatic rings. The van der Waals surface area contributed by atoms with E-state index in [9.17, 15) is 9.59 Å². The number of nitrogens with one attached hydrogen (secondary N) is 1. The smallest absolute Gasteiger partial charge is 0.341 e. The highest BCUT2D eigenvalue weighted by Crippen LogP contribution is 2.24. The van der Waals surface area contributed by atoms with E-state index < -0.39 is 18.5 Å². The number of hydrogen-bond donors (Lipinski definition) is 2. The first-order valence-corrected chi connectivity index (χ1v) is 5.86. The van der Waals surface area contributed by atoms with E-state index in [1.54, 1.807) is 24.3 Å². The quantitative estimate of drug-likeness (QED) is 0.834. The molecule has 0 fully saturated rings. The second kappa shape index (κ2) is 6.46. The molecule has 0 atom stereocenters. The standard InChI is InChI=1S/C13H13NO6/c15-12(16)8-20-10-4-2-1-3-9(10)14-13(17)11-7-18-5-6-19-11/h1-4,7H,5-6,8H2,(H,14,17)(H,15,16). The van der Waals surface area contributed by atoms with Gasteiger partial charge in [0.25, 0.3) is 5.91 Å². The highest BCUT2D eigenvalue weighted by atomic mass is 16.6. The average molecular weight is 279 g/mol. The maximum Gasteiger partial charge on any atom is 0.341 e. The number of rotatable bonds is 5. The van der Waals surface area contributed by atoms with E-state index >= 15 is 0 Å². The van der Waals surface area contributed by atoms with Gasteiger partial charge in [-0.05, 0) is 12.1 Å². The van der Waals surface area contributed by atoms with Crippen molar-refractivity contribution in [3.05, 3.63) is 36.3 Å². The third-order valence-corrected chi connectivity index (χ3v) is 2.36. The molecule has 1 aromatic carbocycles. The lowest BCUT2D eigenvalue weighted by molar-refractivity contribution is -0.139. The third kappa shape index (κ3) is 3.64. The molecule has 7 heteroatoms. The van der Waals surface area contributed by atoms with Crippen molar-refractivity contribution < 1.29 is 28.9 Å². The summed E-state index contributed by atoms with van der Waals surface area (Å²) >= 11 is 0. The van der Waals surface area contributed by atoms with Crippen LogP contribution in [0, 0.1) is 0 Å². The summed E-state index contributed by atoms with van der Waals surface area (Å²) in [5.41, 5.74) is 0.355. The van der Waals surface area contributed by atoms with Crippen LogP contribution in [0.1, 0.15) is 0 Å². The van der Waals surface area contributed by atoms with Gasteiger partial charge < -0.3 is 24.6 Å². The molecule has 0 saturated heterocycles. The van der Waals surface area contributed by atoms with Crippen LogP contribution < -0.4 is 10.1 Å². The second-order valence-corrected chi connectivity index (χ2v) is 3.83. The number of aliphatic carboxylic acids is 1. The van der Waals surface area contributed by atoms with Gasteiger partial charge in [-0.1, -0.05) is 12.1 Å². The van der Waals surface area contributed by atoms with Crippen molar-refractivity contribution in [2.75, 3.05) is 25.1 Å². The van der Waals surface area contributed by atoms with E-state index in [1.807, 2.05) is 0 Å². The Bertz CT molecular complexity index is 539. The minimum atomic E-state index is -1.10. The molecule has 2 rings (SSSR count). The van der Waals surface area contributed by atoms with Crippen molar-refractivity contribution in [3.8, 4) is 5.75 Å². The summed E-state index contributed by atoms with van der Waals surface area (Å²) in [6.07, 6.45) is 1.24. The number of ether oxygens (including phenoxy) is 3. The van der Waals surface area contributed by atoms with Crippen LogP contribution in [0.25, 0.3) is 0 Å². The Hall–Kier alpha value is -2.70. The summed E-state index contributed by atoms with van der Waals surface area (Å²) in [7, 11) is 0. The number of hydrogen-bond acceptors (Lipinski definition) is 5. The van der Waals surface area contributed by atoms with Crippen LogP contribution in [0.15, 0.2) is 36.3 Å². The first-order valence-electron chi connectivity index (χ1n) is 5.86. The normalized spacial score (nSPS) is 13.5. The molecule has 7 nitrogen and oxygen atoms in total. The van der Waals surface area contributed by atoms with E-state index in [-0.39, 0.29) is 11.5 Å². The molecule has 0 unspecified atom stereocenters. The highest BCUT2D eigenvalue weighted by Gasteiger charge is 2.17.